The highest BCUT2D eigenvalue weighted by molar-refractivity contribution is 5.61. The number of hydrogen-bond acceptors (Lipinski definition) is 3. The van der Waals surface area contributed by atoms with Crippen LogP contribution in [0.5, 0.6) is 5.75 Å². The van der Waals surface area contributed by atoms with E-state index in [-0.39, 0.29) is 0 Å². The summed E-state index contributed by atoms with van der Waals surface area (Å²) >= 11 is 0. The highest BCUT2D eigenvalue weighted by Crippen LogP contribution is 2.25. The van der Waals surface area contributed by atoms with Gasteiger partial charge in [-0.25, -0.2) is 14.4 Å². The average molecular weight is 324 g/mol. The van der Waals surface area contributed by atoms with Crippen LogP contribution in [-0.4, -0.2) is 22.7 Å². The Morgan fingerprint density at radius 2 is 2.12 bits per heavy atom. The Labute approximate surface area is 142 Å². The summed E-state index contributed by atoms with van der Waals surface area (Å²) in [5.74, 6) is 7.49. The lowest BCUT2D eigenvalue weighted by Gasteiger charge is -2.08. The standard InChI is InChI=1S/C20H21FN2O/c1-3-14-24-19-15-18(20-22-12-7-13-23-20)11-10-17(19)9-6-4-5-8-16(2)21/h3,7,10-13,15-16H,1,4-5,8,14H2,2H3. The fourth-order valence-corrected chi connectivity index (χ4v) is 2.11. The van der Waals surface area contributed by atoms with E-state index in [1.807, 2.05) is 18.2 Å². The molecular formula is C20H21FN2O. The van der Waals surface area contributed by atoms with Crippen molar-refractivity contribution in [3.05, 3.63) is 54.9 Å². The minimum absolute atomic E-state index is 0.396. The summed E-state index contributed by atoms with van der Waals surface area (Å²) in [6, 6.07) is 7.47. The van der Waals surface area contributed by atoms with Crippen molar-refractivity contribution in [2.45, 2.75) is 32.4 Å². The Bertz CT molecular complexity index is 717. The van der Waals surface area contributed by atoms with Gasteiger partial charge in [0, 0.05) is 24.4 Å². The molecule has 24 heavy (non-hydrogen) atoms. The minimum atomic E-state index is -0.775. The van der Waals surface area contributed by atoms with Gasteiger partial charge in [0.15, 0.2) is 5.82 Å². The Hall–Kier alpha value is -2.67. The molecule has 2 rings (SSSR count). The molecule has 3 nitrogen and oxygen atoms in total. The van der Waals surface area contributed by atoms with Crippen molar-refractivity contribution < 1.29 is 9.13 Å². The molecule has 0 radical (unpaired) electrons. The monoisotopic (exact) mass is 324 g/mol. The van der Waals surface area contributed by atoms with E-state index in [2.05, 4.69) is 28.4 Å². The van der Waals surface area contributed by atoms with E-state index < -0.39 is 6.17 Å². The van der Waals surface area contributed by atoms with Gasteiger partial charge in [-0.2, -0.15) is 0 Å². The summed E-state index contributed by atoms with van der Waals surface area (Å²) in [5, 5.41) is 0. The molecule has 0 aliphatic heterocycles. The first kappa shape index (κ1) is 17.7. The normalized spacial score (nSPS) is 11.2. The lowest BCUT2D eigenvalue weighted by atomic mass is 10.1. The number of hydrogen-bond donors (Lipinski definition) is 0. The van der Waals surface area contributed by atoms with Crippen molar-refractivity contribution in [1.29, 1.82) is 0 Å². The number of ether oxygens (including phenoxy) is 1. The van der Waals surface area contributed by atoms with Crippen LogP contribution in [0.2, 0.25) is 0 Å². The number of unbranched alkanes of at least 4 members (excludes halogenated alkanes) is 1. The molecule has 0 saturated heterocycles. The molecule has 0 aliphatic rings. The molecular weight excluding hydrogens is 303 g/mol. The van der Waals surface area contributed by atoms with Gasteiger partial charge in [0.2, 0.25) is 0 Å². The van der Waals surface area contributed by atoms with Gasteiger partial charge < -0.3 is 4.74 Å². The molecule has 1 heterocycles. The maximum atomic E-state index is 12.8. The van der Waals surface area contributed by atoms with Crippen LogP contribution in [0, 0.1) is 11.8 Å². The van der Waals surface area contributed by atoms with Gasteiger partial charge >= 0.3 is 0 Å². The second-order valence-electron chi connectivity index (χ2n) is 5.36. The molecule has 0 bridgehead atoms. The molecule has 124 valence electrons. The number of halogens is 1. The molecule has 4 heteroatoms. The van der Waals surface area contributed by atoms with Gasteiger partial charge in [-0.3, -0.25) is 0 Å². The quantitative estimate of drug-likeness (QED) is 0.424. The Balaban J connectivity index is 2.18. The highest BCUT2D eigenvalue weighted by Gasteiger charge is 2.06. The first-order chi connectivity index (χ1) is 11.7. The van der Waals surface area contributed by atoms with Gasteiger partial charge in [0.1, 0.15) is 12.4 Å². The fourth-order valence-electron chi connectivity index (χ4n) is 2.11. The van der Waals surface area contributed by atoms with Crippen LogP contribution in [0.3, 0.4) is 0 Å². The second kappa shape index (κ2) is 9.46. The van der Waals surface area contributed by atoms with Gasteiger partial charge in [-0.1, -0.05) is 24.5 Å². The summed E-state index contributed by atoms with van der Waals surface area (Å²) in [6.45, 7) is 5.63. The van der Waals surface area contributed by atoms with Crippen molar-refractivity contribution in [3.8, 4) is 29.0 Å². The van der Waals surface area contributed by atoms with Crippen molar-refractivity contribution >= 4 is 0 Å². The number of nitrogens with zero attached hydrogens (tertiary/aromatic N) is 2. The smallest absolute Gasteiger partial charge is 0.159 e. The molecule has 0 saturated carbocycles. The van der Waals surface area contributed by atoms with E-state index in [4.69, 9.17) is 4.74 Å². The predicted octanol–water partition coefficient (Wildman–Crippen LogP) is 4.59. The zero-order chi connectivity index (χ0) is 17.2. The van der Waals surface area contributed by atoms with Crippen molar-refractivity contribution in [2.75, 3.05) is 6.61 Å². The summed E-state index contributed by atoms with van der Waals surface area (Å²) in [5.41, 5.74) is 1.66. The topological polar surface area (TPSA) is 35.0 Å². The average Bonchev–Trinajstić information content (AvgIpc) is 2.60. The molecule has 1 aromatic heterocycles. The molecule has 1 aromatic carbocycles. The van der Waals surface area contributed by atoms with E-state index in [0.29, 0.717) is 31.0 Å². The number of rotatable bonds is 7. The van der Waals surface area contributed by atoms with Crippen molar-refractivity contribution in [3.63, 3.8) is 0 Å². The SMILES string of the molecule is C=CCOc1cc(-c2ncccn2)ccc1C#CCCCC(C)F. The van der Waals surface area contributed by atoms with Crippen LogP contribution in [-0.2, 0) is 0 Å². The Kier molecular flexibility index (Phi) is 6.97. The second-order valence-corrected chi connectivity index (χ2v) is 5.36. The maximum absolute atomic E-state index is 12.8. The van der Waals surface area contributed by atoms with Crippen LogP contribution in [0.1, 0.15) is 31.7 Å². The first-order valence-corrected chi connectivity index (χ1v) is 7.98. The summed E-state index contributed by atoms with van der Waals surface area (Å²) in [7, 11) is 0. The third-order valence-corrected chi connectivity index (χ3v) is 3.29. The molecule has 0 amide bonds. The van der Waals surface area contributed by atoms with E-state index >= 15 is 0 Å². The Morgan fingerprint density at radius 1 is 1.33 bits per heavy atom. The van der Waals surface area contributed by atoms with Crippen LogP contribution in [0.25, 0.3) is 11.4 Å². The molecule has 0 fully saturated rings. The Morgan fingerprint density at radius 3 is 2.83 bits per heavy atom. The van der Waals surface area contributed by atoms with E-state index in [1.165, 1.54) is 0 Å². The summed E-state index contributed by atoms with van der Waals surface area (Å²) < 4.78 is 18.5. The predicted molar refractivity (Wildman–Crippen MR) is 94.5 cm³/mol. The van der Waals surface area contributed by atoms with Gasteiger partial charge in [0.25, 0.3) is 0 Å². The summed E-state index contributed by atoms with van der Waals surface area (Å²) in [6.07, 6.45) is 6.27. The highest BCUT2D eigenvalue weighted by atomic mass is 19.1. The summed E-state index contributed by atoms with van der Waals surface area (Å²) in [4.78, 5) is 8.49. The third-order valence-electron chi connectivity index (χ3n) is 3.29. The van der Waals surface area contributed by atoms with Gasteiger partial charge in [-0.05, 0) is 44.0 Å². The molecule has 0 spiro atoms. The van der Waals surface area contributed by atoms with Crippen LogP contribution in [0.4, 0.5) is 4.39 Å². The molecule has 2 aromatic rings. The fraction of sp³-hybridized carbons (Fsp3) is 0.300. The number of benzene rings is 1. The molecule has 0 aliphatic carbocycles. The van der Waals surface area contributed by atoms with Crippen molar-refractivity contribution in [2.24, 2.45) is 0 Å². The van der Waals surface area contributed by atoms with E-state index in [9.17, 15) is 4.39 Å². The van der Waals surface area contributed by atoms with Crippen LogP contribution < -0.4 is 4.74 Å². The van der Waals surface area contributed by atoms with E-state index in [0.717, 1.165) is 17.5 Å². The van der Waals surface area contributed by atoms with Crippen molar-refractivity contribution in [1.82, 2.24) is 9.97 Å². The van der Waals surface area contributed by atoms with E-state index in [1.54, 1.807) is 31.5 Å². The third kappa shape index (κ3) is 5.51. The molecule has 0 N–H and O–H groups in total. The van der Waals surface area contributed by atoms with Crippen LogP contribution >= 0.6 is 0 Å². The number of aromatic nitrogens is 2. The lowest BCUT2D eigenvalue weighted by molar-refractivity contribution is 0.336. The molecule has 1 unspecified atom stereocenters. The number of alkyl halides is 1. The minimum Gasteiger partial charge on any atom is -0.488 e. The van der Waals surface area contributed by atoms with Gasteiger partial charge in [-0.15, -0.1) is 0 Å². The lowest BCUT2D eigenvalue weighted by Crippen LogP contribution is -1.97. The van der Waals surface area contributed by atoms with Gasteiger partial charge in [0.05, 0.1) is 11.7 Å². The zero-order valence-electron chi connectivity index (χ0n) is 13.8. The molecule has 1 atom stereocenters. The maximum Gasteiger partial charge on any atom is 0.159 e. The van der Waals surface area contributed by atoms with Crippen LogP contribution in [0.15, 0.2) is 49.3 Å². The zero-order valence-corrected chi connectivity index (χ0v) is 13.8. The first-order valence-electron chi connectivity index (χ1n) is 7.98. The largest absolute Gasteiger partial charge is 0.488 e.